The van der Waals surface area contributed by atoms with Gasteiger partial charge in [-0.05, 0) is 25.0 Å². The number of allylic oxidation sites excluding steroid dienone is 2. The fraction of sp³-hybridized carbons (Fsp3) is 0.227. The molecule has 0 aromatic heterocycles. The highest BCUT2D eigenvalue weighted by Gasteiger charge is 2.29. The number of nitro groups is 1. The number of benzene rings is 2. The van der Waals surface area contributed by atoms with E-state index in [1.807, 2.05) is 54.4 Å². The van der Waals surface area contributed by atoms with Crippen molar-refractivity contribution in [2.45, 2.75) is 26.3 Å². The Balaban J connectivity index is 1.95. The van der Waals surface area contributed by atoms with Gasteiger partial charge in [-0.25, -0.2) is 4.79 Å². The molecule has 0 N–H and O–H groups in total. The van der Waals surface area contributed by atoms with E-state index in [2.05, 4.69) is 0 Å². The van der Waals surface area contributed by atoms with E-state index in [0.717, 1.165) is 16.8 Å². The summed E-state index contributed by atoms with van der Waals surface area (Å²) in [4.78, 5) is 25.2. The molecule has 2 aromatic carbocycles. The fourth-order valence-corrected chi connectivity index (χ4v) is 3.29. The lowest BCUT2D eigenvalue weighted by atomic mass is 9.87. The summed E-state index contributed by atoms with van der Waals surface area (Å²) in [6.45, 7) is 4.59. The maximum Gasteiger partial charge on any atom is 0.336 e. The lowest BCUT2D eigenvalue weighted by Crippen LogP contribution is -2.26. The van der Waals surface area contributed by atoms with Crippen LogP contribution in [0.1, 0.15) is 30.9 Å². The number of esters is 1. The number of nitrogens with zero attached hydrogens (tertiary/aromatic N) is 2. The first kappa shape index (κ1) is 19.4. The highest BCUT2D eigenvalue weighted by molar-refractivity contribution is 5.92. The molecule has 28 heavy (non-hydrogen) atoms. The largest absolute Gasteiger partial charge is 0.463 e. The summed E-state index contributed by atoms with van der Waals surface area (Å²) < 4.78 is 5.30. The molecule has 0 unspecified atom stereocenters. The summed E-state index contributed by atoms with van der Waals surface area (Å²) in [5.41, 5.74) is 3.32. The Morgan fingerprint density at radius 2 is 1.82 bits per heavy atom. The molecule has 0 radical (unpaired) electrons. The van der Waals surface area contributed by atoms with Crippen LogP contribution in [-0.4, -0.2) is 22.4 Å². The number of carbonyl (C=O) groups is 1. The average molecular weight is 378 g/mol. The molecule has 0 saturated heterocycles. The molecule has 144 valence electrons. The van der Waals surface area contributed by atoms with Crippen molar-refractivity contribution in [2.24, 2.45) is 0 Å². The first-order valence-electron chi connectivity index (χ1n) is 9.12. The van der Waals surface area contributed by atoms with Gasteiger partial charge in [0.05, 0.1) is 17.1 Å². The van der Waals surface area contributed by atoms with Gasteiger partial charge in [0, 0.05) is 36.5 Å². The minimum absolute atomic E-state index is 0.0210. The van der Waals surface area contributed by atoms with Crippen molar-refractivity contribution >= 4 is 11.7 Å². The van der Waals surface area contributed by atoms with E-state index in [1.165, 1.54) is 12.1 Å². The van der Waals surface area contributed by atoms with Crippen molar-refractivity contribution in [2.75, 3.05) is 6.61 Å². The van der Waals surface area contributed by atoms with Gasteiger partial charge in [-0.3, -0.25) is 10.1 Å². The van der Waals surface area contributed by atoms with Gasteiger partial charge in [0.15, 0.2) is 0 Å². The van der Waals surface area contributed by atoms with Crippen LogP contribution in [0.25, 0.3) is 0 Å². The molecule has 0 spiro atoms. The second kappa shape index (κ2) is 8.52. The molecule has 1 aliphatic rings. The van der Waals surface area contributed by atoms with E-state index < -0.39 is 4.92 Å². The summed E-state index contributed by atoms with van der Waals surface area (Å²) in [6.07, 6.45) is 3.89. The number of hydrogen-bond acceptors (Lipinski definition) is 5. The van der Waals surface area contributed by atoms with E-state index in [4.69, 9.17) is 4.74 Å². The Morgan fingerprint density at radius 3 is 2.43 bits per heavy atom. The second-order valence-electron chi connectivity index (χ2n) is 6.50. The van der Waals surface area contributed by atoms with Crippen molar-refractivity contribution in [3.8, 4) is 0 Å². The van der Waals surface area contributed by atoms with Crippen LogP contribution >= 0.6 is 0 Å². The highest BCUT2D eigenvalue weighted by atomic mass is 16.6. The van der Waals surface area contributed by atoms with Crippen molar-refractivity contribution < 1.29 is 14.5 Å². The molecule has 1 aliphatic heterocycles. The lowest BCUT2D eigenvalue weighted by molar-refractivity contribution is -0.384. The van der Waals surface area contributed by atoms with Gasteiger partial charge in [0.25, 0.3) is 5.69 Å². The molecule has 1 atom stereocenters. The predicted molar refractivity (Wildman–Crippen MR) is 106 cm³/mol. The van der Waals surface area contributed by atoms with Crippen LogP contribution in [0.3, 0.4) is 0 Å². The van der Waals surface area contributed by atoms with Crippen LogP contribution in [-0.2, 0) is 16.1 Å². The zero-order chi connectivity index (χ0) is 20.1. The second-order valence-corrected chi connectivity index (χ2v) is 6.50. The average Bonchev–Trinajstić information content (AvgIpc) is 2.70. The third-order valence-corrected chi connectivity index (χ3v) is 4.74. The summed E-state index contributed by atoms with van der Waals surface area (Å²) >= 11 is 0. The minimum Gasteiger partial charge on any atom is -0.463 e. The van der Waals surface area contributed by atoms with Crippen LogP contribution in [0.4, 0.5) is 5.69 Å². The smallest absolute Gasteiger partial charge is 0.336 e. The minimum atomic E-state index is -0.435. The van der Waals surface area contributed by atoms with Crippen LogP contribution in [0.5, 0.6) is 0 Å². The fourth-order valence-electron chi connectivity index (χ4n) is 3.29. The zero-order valence-electron chi connectivity index (χ0n) is 15.9. The van der Waals surface area contributed by atoms with Gasteiger partial charge >= 0.3 is 5.97 Å². The molecule has 0 saturated carbocycles. The molecule has 2 aromatic rings. The van der Waals surface area contributed by atoms with Crippen LogP contribution in [0.2, 0.25) is 0 Å². The normalized spacial score (nSPS) is 16.2. The van der Waals surface area contributed by atoms with E-state index in [9.17, 15) is 14.9 Å². The molecule has 0 aliphatic carbocycles. The number of carbonyl (C=O) groups excluding carboxylic acids is 1. The number of ether oxygens (including phenoxy) is 1. The number of nitro benzene ring substituents is 1. The van der Waals surface area contributed by atoms with E-state index in [-0.39, 0.29) is 24.2 Å². The number of non-ortho nitro benzene ring substituents is 1. The molecule has 6 heteroatoms. The van der Waals surface area contributed by atoms with Gasteiger partial charge < -0.3 is 9.64 Å². The van der Waals surface area contributed by atoms with E-state index >= 15 is 0 Å². The van der Waals surface area contributed by atoms with Crippen LogP contribution < -0.4 is 0 Å². The first-order chi connectivity index (χ1) is 13.5. The van der Waals surface area contributed by atoms with Crippen molar-refractivity contribution in [1.82, 2.24) is 4.90 Å². The Kier molecular flexibility index (Phi) is 5.89. The predicted octanol–water partition coefficient (Wildman–Crippen LogP) is 4.55. The third-order valence-electron chi connectivity index (χ3n) is 4.74. The third kappa shape index (κ3) is 4.11. The Labute approximate surface area is 163 Å². The molecule has 6 nitrogen and oxygen atoms in total. The van der Waals surface area contributed by atoms with Gasteiger partial charge in [-0.2, -0.15) is 0 Å². The molecule has 0 amide bonds. The van der Waals surface area contributed by atoms with Gasteiger partial charge in [-0.15, -0.1) is 0 Å². The zero-order valence-corrected chi connectivity index (χ0v) is 15.9. The topological polar surface area (TPSA) is 72.7 Å². The Bertz CT molecular complexity index is 917. The number of rotatable bonds is 6. The van der Waals surface area contributed by atoms with Crippen molar-refractivity contribution in [3.63, 3.8) is 0 Å². The molecule has 3 rings (SSSR count). The highest BCUT2D eigenvalue weighted by Crippen LogP contribution is 2.35. The molecule has 0 fully saturated rings. The summed E-state index contributed by atoms with van der Waals surface area (Å²) in [5, 5.41) is 10.9. The molecular formula is C22H22N2O4. The van der Waals surface area contributed by atoms with Gasteiger partial charge in [0.2, 0.25) is 0 Å². The quantitative estimate of drug-likeness (QED) is 0.419. The monoisotopic (exact) mass is 378 g/mol. The lowest BCUT2D eigenvalue weighted by Gasteiger charge is -2.31. The van der Waals surface area contributed by atoms with Crippen LogP contribution in [0.15, 0.2) is 78.1 Å². The summed E-state index contributed by atoms with van der Waals surface area (Å²) in [5.74, 6) is -0.683. The first-order valence-corrected chi connectivity index (χ1v) is 9.12. The Morgan fingerprint density at radius 1 is 1.14 bits per heavy atom. The van der Waals surface area contributed by atoms with Gasteiger partial charge in [0.1, 0.15) is 0 Å². The molecular weight excluding hydrogens is 356 g/mol. The maximum absolute atomic E-state index is 12.7. The Hall–Kier alpha value is -3.41. The molecule has 0 bridgehead atoms. The standard InChI is InChI=1S/C22H22N2O4/c1-3-28-22(25)21-16(2)23(15-17-7-5-4-6-8-17)14-13-20(21)18-9-11-19(12-10-18)24(26)27/h4-14,20H,3,15H2,1-2H3/t20-/m0/s1. The maximum atomic E-state index is 12.7. The number of hydrogen-bond donors (Lipinski definition) is 0. The van der Waals surface area contributed by atoms with Gasteiger partial charge in [-0.1, -0.05) is 48.5 Å². The van der Waals surface area contributed by atoms with Crippen molar-refractivity contribution in [3.05, 3.63) is 99.4 Å². The van der Waals surface area contributed by atoms with E-state index in [0.29, 0.717) is 12.1 Å². The summed E-state index contributed by atoms with van der Waals surface area (Å²) in [6, 6.07) is 16.3. The van der Waals surface area contributed by atoms with E-state index in [1.54, 1.807) is 19.1 Å². The van der Waals surface area contributed by atoms with Crippen molar-refractivity contribution in [1.29, 1.82) is 0 Å². The summed E-state index contributed by atoms with van der Waals surface area (Å²) in [7, 11) is 0. The molecule has 1 heterocycles. The van der Waals surface area contributed by atoms with Crippen LogP contribution in [0, 0.1) is 10.1 Å². The SMILES string of the molecule is CCOC(=O)C1=C(C)N(Cc2ccccc2)C=C[C@H]1c1ccc([N+](=O)[O-])cc1.